The summed E-state index contributed by atoms with van der Waals surface area (Å²) in [7, 11) is 0. The molecule has 6 nitrogen and oxygen atoms in total. The second kappa shape index (κ2) is 11.0. The van der Waals surface area contributed by atoms with Crippen molar-refractivity contribution in [2.24, 2.45) is 5.92 Å². The van der Waals surface area contributed by atoms with E-state index in [1.807, 2.05) is 55.7 Å². The van der Waals surface area contributed by atoms with E-state index < -0.39 is 12.0 Å². The largest absolute Gasteiger partial charge is 0.341 e. The number of benzene rings is 2. The maximum atomic E-state index is 16.0. The van der Waals surface area contributed by atoms with Gasteiger partial charge in [-0.05, 0) is 42.0 Å². The Labute approximate surface area is 206 Å². The Kier molecular flexibility index (Phi) is 7.76. The molecule has 2 aromatic carbocycles. The fraction of sp³-hybridized carbons (Fsp3) is 0.393. The molecule has 2 N–H and O–H groups in total. The summed E-state index contributed by atoms with van der Waals surface area (Å²) in [5.74, 6) is -1.21. The van der Waals surface area contributed by atoms with Gasteiger partial charge in [0.15, 0.2) is 5.78 Å². The molecular weight excluding hydrogens is 443 g/mol. The second-order valence-electron chi connectivity index (χ2n) is 9.61. The predicted octanol–water partition coefficient (Wildman–Crippen LogP) is 4.63. The highest BCUT2D eigenvalue weighted by atomic mass is 19.1. The maximum Gasteiger partial charge on any atom is 0.237 e. The van der Waals surface area contributed by atoms with Gasteiger partial charge in [-0.2, -0.15) is 0 Å². The first kappa shape index (κ1) is 24.8. The Hall–Kier alpha value is -3.32. The summed E-state index contributed by atoms with van der Waals surface area (Å²) in [5.41, 5.74) is 2.10. The van der Waals surface area contributed by atoms with Crippen LogP contribution in [-0.2, 0) is 16.1 Å². The Morgan fingerprint density at radius 1 is 1.14 bits per heavy atom. The number of hydrogen-bond acceptors (Lipinski definition) is 4. The lowest BCUT2D eigenvalue weighted by molar-refractivity contribution is -0.131. The molecular formula is C28H33FN4O2. The van der Waals surface area contributed by atoms with Crippen LogP contribution in [0.1, 0.15) is 56.7 Å². The van der Waals surface area contributed by atoms with E-state index in [-0.39, 0.29) is 29.5 Å². The van der Waals surface area contributed by atoms with Crippen LogP contribution in [0.25, 0.3) is 11.1 Å². The predicted molar refractivity (Wildman–Crippen MR) is 134 cm³/mol. The Morgan fingerprint density at radius 2 is 1.89 bits per heavy atom. The van der Waals surface area contributed by atoms with Crippen molar-refractivity contribution in [3.63, 3.8) is 0 Å². The normalized spacial score (nSPS) is 17.3. The monoisotopic (exact) mass is 476 g/mol. The van der Waals surface area contributed by atoms with Crippen molar-refractivity contribution in [3.05, 3.63) is 78.1 Å². The minimum atomic E-state index is -0.977. The minimum Gasteiger partial charge on any atom is -0.341 e. The van der Waals surface area contributed by atoms with Crippen LogP contribution in [0, 0.1) is 11.7 Å². The van der Waals surface area contributed by atoms with E-state index in [0.717, 1.165) is 13.0 Å². The third-order valence-electron chi connectivity index (χ3n) is 6.68. The average Bonchev–Trinajstić information content (AvgIpc) is 3.57. The standard InChI is InChI=1S/C28H33FN4O2/c1-18(2)21-11-12-22(24(25(21)29)20-8-5-4-6-9-20)26(32-28(35)23-10-7-13-31-23)27(34)19(3)16-33-15-14-30-17-33/h4-6,8-9,11-12,14-15,17-19,23,26,31H,7,10,13,16H2,1-3H3,(H,32,35). The summed E-state index contributed by atoms with van der Waals surface area (Å²) in [6.07, 6.45) is 6.73. The van der Waals surface area contributed by atoms with Crippen molar-refractivity contribution in [2.75, 3.05) is 6.54 Å². The van der Waals surface area contributed by atoms with Crippen LogP contribution in [0.2, 0.25) is 0 Å². The summed E-state index contributed by atoms with van der Waals surface area (Å²) < 4.78 is 17.8. The number of aromatic nitrogens is 2. The highest BCUT2D eigenvalue weighted by Crippen LogP contribution is 2.36. The van der Waals surface area contributed by atoms with Gasteiger partial charge in [0.25, 0.3) is 0 Å². The van der Waals surface area contributed by atoms with Crippen LogP contribution >= 0.6 is 0 Å². The van der Waals surface area contributed by atoms with Gasteiger partial charge >= 0.3 is 0 Å². The number of ketones is 1. The smallest absolute Gasteiger partial charge is 0.237 e. The molecule has 1 amide bonds. The maximum absolute atomic E-state index is 16.0. The van der Waals surface area contributed by atoms with Crippen LogP contribution in [0.3, 0.4) is 0 Å². The first-order valence-electron chi connectivity index (χ1n) is 12.3. The van der Waals surface area contributed by atoms with E-state index in [1.165, 1.54) is 0 Å². The Morgan fingerprint density at radius 3 is 2.51 bits per heavy atom. The van der Waals surface area contributed by atoms with Crippen LogP contribution < -0.4 is 10.6 Å². The molecule has 0 bridgehead atoms. The first-order chi connectivity index (χ1) is 16.9. The molecule has 0 saturated carbocycles. The minimum absolute atomic E-state index is 0.0295. The second-order valence-corrected chi connectivity index (χ2v) is 9.61. The molecule has 1 aromatic heterocycles. The number of imidazole rings is 1. The molecule has 3 unspecified atom stereocenters. The number of nitrogens with zero attached hydrogens (tertiary/aromatic N) is 2. The molecule has 1 aliphatic heterocycles. The Bertz CT molecular complexity index is 1160. The summed E-state index contributed by atoms with van der Waals surface area (Å²) in [4.78, 5) is 31.0. The molecule has 0 radical (unpaired) electrons. The number of carbonyl (C=O) groups excluding carboxylic acids is 2. The summed E-state index contributed by atoms with van der Waals surface area (Å²) in [6, 6.07) is 11.4. The van der Waals surface area contributed by atoms with Crippen molar-refractivity contribution >= 4 is 11.7 Å². The number of nitrogens with one attached hydrogen (secondary N) is 2. The van der Waals surface area contributed by atoms with Gasteiger partial charge in [0.05, 0.1) is 12.4 Å². The lowest BCUT2D eigenvalue weighted by atomic mass is 9.85. The molecule has 184 valence electrons. The molecule has 35 heavy (non-hydrogen) atoms. The summed E-state index contributed by atoms with van der Waals surface area (Å²) in [5, 5.41) is 6.17. The van der Waals surface area contributed by atoms with Gasteiger partial charge in [0.1, 0.15) is 11.9 Å². The first-order valence-corrected chi connectivity index (χ1v) is 12.3. The lowest BCUT2D eigenvalue weighted by Crippen LogP contribution is -2.45. The van der Waals surface area contributed by atoms with Crippen molar-refractivity contribution in [1.29, 1.82) is 0 Å². The molecule has 0 spiro atoms. The fourth-order valence-corrected chi connectivity index (χ4v) is 4.73. The number of rotatable bonds is 9. The van der Waals surface area contributed by atoms with Crippen LogP contribution in [0.15, 0.2) is 61.2 Å². The van der Waals surface area contributed by atoms with E-state index in [9.17, 15) is 9.59 Å². The lowest BCUT2D eigenvalue weighted by Gasteiger charge is -2.27. The number of halogens is 1. The van der Waals surface area contributed by atoms with Crippen LogP contribution in [0.4, 0.5) is 4.39 Å². The van der Waals surface area contributed by atoms with Crippen molar-refractivity contribution in [1.82, 2.24) is 20.2 Å². The average molecular weight is 477 g/mol. The number of amides is 1. The van der Waals surface area contributed by atoms with Gasteiger partial charge in [0.2, 0.25) is 5.91 Å². The Balaban J connectivity index is 1.79. The van der Waals surface area contributed by atoms with Gasteiger partial charge in [-0.15, -0.1) is 0 Å². The molecule has 2 heterocycles. The zero-order valence-electron chi connectivity index (χ0n) is 20.5. The van der Waals surface area contributed by atoms with Crippen LogP contribution in [-0.4, -0.2) is 33.8 Å². The SMILES string of the molecule is CC(Cn1ccnc1)C(=O)C(NC(=O)C1CCCN1)c1ccc(C(C)C)c(F)c1-c1ccccc1. The van der Waals surface area contributed by atoms with Gasteiger partial charge in [-0.25, -0.2) is 9.37 Å². The number of Topliss-reactive ketones (excluding diaryl/α,β-unsaturated/α-hetero) is 1. The highest BCUT2D eigenvalue weighted by molar-refractivity contribution is 5.94. The molecule has 1 aliphatic rings. The van der Waals surface area contributed by atoms with Gasteiger partial charge in [0, 0.05) is 30.4 Å². The topological polar surface area (TPSA) is 76.0 Å². The van der Waals surface area contributed by atoms with E-state index in [1.54, 1.807) is 30.9 Å². The van der Waals surface area contributed by atoms with E-state index in [2.05, 4.69) is 15.6 Å². The van der Waals surface area contributed by atoms with Gasteiger partial charge < -0.3 is 15.2 Å². The fourth-order valence-electron chi connectivity index (χ4n) is 4.73. The molecule has 1 fully saturated rings. The molecule has 3 aromatic rings. The third kappa shape index (κ3) is 5.51. The van der Waals surface area contributed by atoms with Gasteiger partial charge in [-0.3, -0.25) is 9.59 Å². The van der Waals surface area contributed by atoms with Crippen molar-refractivity contribution < 1.29 is 14.0 Å². The molecule has 0 aliphatic carbocycles. The summed E-state index contributed by atoms with van der Waals surface area (Å²) >= 11 is 0. The quantitative estimate of drug-likeness (QED) is 0.472. The zero-order chi connectivity index (χ0) is 24.9. The third-order valence-corrected chi connectivity index (χ3v) is 6.68. The molecule has 1 saturated heterocycles. The molecule has 3 atom stereocenters. The van der Waals surface area contributed by atoms with Gasteiger partial charge in [-0.1, -0.05) is 63.2 Å². The molecule has 7 heteroatoms. The van der Waals surface area contributed by atoms with E-state index >= 15 is 4.39 Å². The number of hydrogen-bond donors (Lipinski definition) is 2. The van der Waals surface area contributed by atoms with E-state index in [4.69, 9.17) is 0 Å². The van der Waals surface area contributed by atoms with Crippen molar-refractivity contribution in [2.45, 2.75) is 58.2 Å². The molecule has 4 rings (SSSR count). The van der Waals surface area contributed by atoms with Crippen LogP contribution in [0.5, 0.6) is 0 Å². The summed E-state index contributed by atoms with van der Waals surface area (Å²) in [6.45, 7) is 6.89. The highest BCUT2D eigenvalue weighted by Gasteiger charge is 2.33. The number of carbonyl (C=O) groups is 2. The van der Waals surface area contributed by atoms with E-state index in [0.29, 0.717) is 35.2 Å². The zero-order valence-corrected chi connectivity index (χ0v) is 20.5. The van der Waals surface area contributed by atoms with Crippen molar-refractivity contribution in [3.8, 4) is 11.1 Å².